The SMILES string of the molecule is COc1cc(C(=O)Nc2nccn(C)c2=O)sc1Br. The van der Waals surface area contributed by atoms with Gasteiger partial charge in [0.1, 0.15) is 9.54 Å². The van der Waals surface area contributed by atoms with Gasteiger partial charge in [0, 0.05) is 25.5 Å². The minimum Gasteiger partial charge on any atom is -0.495 e. The average molecular weight is 344 g/mol. The van der Waals surface area contributed by atoms with E-state index in [0.717, 1.165) is 0 Å². The molecule has 0 saturated carbocycles. The molecular formula is C11H10BrN3O3S. The molecule has 1 N–H and O–H groups in total. The van der Waals surface area contributed by atoms with Gasteiger partial charge in [0.05, 0.1) is 12.0 Å². The maximum absolute atomic E-state index is 12.0. The molecule has 8 heteroatoms. The van der Waals surface area contributed by atoms with E-state index in [2.05, 4.69) is 26.2 Å². The minimum atomic E-state index is -0.398. The van der Waals surface area contributed by atoms with Crippen molar-refractivity contribution >= 4 is 39.0 Å². The molecule has 0 aliphatic rings. The van der Waals surface area contributed by atoms with Gasteiger partial charge in [-0.2, -0.15) is 0 Å². The summed E-state index contributed by atoms with van der Waals surface area (Å²) in [6, 6.07) is 1.59. The van der Waals surface area contributed by atoms with E-state index in [1.54, 1.807) is 13.1 Å². The summed E-state index contributed by atoms with van der Waals surface area (Å²) in [5.74, 6) is 0.173. The van der Waals surface area contributed by atoms with Gasteiger partial charge in [-0.25, -0.2) is 4.98 Å². The van der Waals surface area contributed by atoms with Gasteiger partial charge in [0.2, 0.25) is 0 Å². The van der Waals surface area contributed by atoms with Gasteiger partial charge in [0.25, 0.3) is 11.5 Å². The highest BCUT2D eigenvalue weighted by Gasteiger charge is 2.15. The fourth-order valence-electron chi connectivity index (χ4n) is 1.36. The highest BCUT2D eigenvalue weighted by molar-refractivity contribution is 9.11. The van der Waals surface area contributed by atoms with Gasteiger partial charge in [-0.15, -0.1) is 11.3 Å². The van der Waals surface area contributed by atoms with Gasteiger partial charge in [-0.3, -0.25) is 9.59 Å². The van der Waals surface area contributed by atoms with E-state index < -0.39 is 5.91 Å². The predicted molar refractivity (Wildman–Crippen MR) is 76.0 cm³/mol. The standard InChI is InChI=1S/C11H10BrN3O3S/c1-15-4-3-13-9(11(15)17)14-10(16)7-5-6(18-2)8(12)19-7/h3-5H,1-2H3,(H,13,14,16). The lowest BCUT2D eigenvalue weighted by Crippen LogP contribution is -2.24. The molecule has 0 radical (unpaired) electrons. The third-order valence-corrected chi connectivity index (χ3v) is 4.13. The van der Waals surface area contributed by atoms with Crippen LogP contribution in [-0.4, -0.2) is 22.6 Å². The van der Waals surface area contributed by atoms with Crippen LogP contribution in [0.3, 0.4) is 0 Å². The third-order valence-electron chi connectivity index (χ3n) is 2.35. The molecule has 0 spiro atoms. The van der Waals surface area contributed by atoms with Gasteiger partial charge >= 0.3 is 0 Å². The van der Waals surface area contributed by atoms with Crippen molar-refractivity contribution in [1.29, 1.82) is 0 Å². The first-order chi connectivity index (χ1) is 9.02. The maximum Gasteiger partial charge on any atom is 0.293 e. The van der Waals surface area contributed by atoms with Crippen LogP contribution in [0, 0.1) is 0 Å². The largest absolute Gasteiger partial charge is 0.495 e. The molecule has 2 rings (SSSR count). The predicted octanol–water partition coefficient (Wildman–Crippen LogP) is 1.87. The fourth-order valence-corrected chi connectivity index (χ4v) is 2.90. The summed E-state index contributed by atoms with van der Waals surface area (Å²) in [4.78, 5) is 28.0. The first-order valence-electron chi connectivity index (χ1n) is 5.19. The first kappa shape index (κ1) is 13.8. The van der Waals surface area contributed by atoms with Crippen LogP contribution in [-0.2, 0) is 7.05 Å². The number of rotatable bonds is 3. The molecule has 6 nitrogen and oxygen atoms in total. The number of hydrogen-bond donors (Lipinski definition) is 1. The van der Waals surface area contributed by atoms with E-state index >= 15 is 0 Å². The number of nitrogens with zero attached hydrogens (tertiary/aromatic N) is 2. The Labute approximate surface area is 121 Å². The smallest absolute Gasteiger partial charge is 0.293 e. The van der Waals surface area contributed by atoms with E-state index in [1.807, 2.05) is 0 Å². The second-order valence-corrected chi connectivity index (χ2v) is 5.97. The molecule has 100 valence electrons. The molecule has 0 aliphatic carbocycles. The molecule has 2 aromatic heterocycles. The van der Waals surface area contributed by atoms with E-state index in [0.29, 0.717) is 14.4 Å². The van der Waals surface area contributed by atoms with Crippen molar-refractivity contribution < 1.29 is 9.53 Å². The number of methoxy groups -OCH3 is 1. The molecule has 2 aromatic rings. The van der Waals surface area contributed by atoms with Crippen molar-refractivity contribution in [3.05, 3.63) is 37.5 Å². The summed E-state index contributed by atoms with van der Waals surface area (Å²) in [7, 11) is 3.10. The summed E-state index contributed by atoms with van der Waals surface area (Å²) in [6.07, 6.45) is 2.96. The molecule has 0 unspecified atom stereocenters. The van der Waals surface area contributed by atoms with E-state index in [-0.39, 0.29) is 11.4 Å². The Morgan fingerprint density at radius 2 is 2.32 bits per heavy atom. The third kappa shape index (κ3) is 2.85. The molecule has 19 heavy (non-hydrogen) atoms. The number of nitrogens with one attached hydrogen (secondary N) is 1. The first-order valence-corrected chi connectivity index (χ1v) is 6.80. The number of carbonyl (C=O) groups excluding carboxylic acids is 1. The van der Waals surface area contributed by atoms with Crippen LogP contribution >= 0.6 is 27.3 Å². The Balaban J connectivity index is 2.25. The molecule has 0 aliphatic heterocycles. The molecule has 0 bridgehead atoms. The number of halogens is 1. The lowest BCUT2D eigenvalue weighted by atomic mass is 10.4. The summed E-state index contributed by atoms with van der Waals surface area (Å²) < 4.78 is 7.13. The minimum absolute atomic E-state index is 0.00140. The van der Waals surface area contributed by atoms with E-state index in [9.17, 15) is 9.59 Å². The molecule has 0 saturated heterocycles. The highest BCUT2D eigenvalue weighted by Crippen LogP contribution is 2.34. The number of thiophene rings is 1. The number of aryl methyl sites for hydroxylation is 1. The summed E-state index contributed by atoms with van der Waals surface area (Å²) >= 11 is 4.51. The average Bonchev–Trinajstić information content (AvgIpc) is 2.76. The number of carbonyl (C=O) groups is 1. The van der Waals surface area contributed by atoms with Crippen molar-refractivity contribution in [3.8, 4) is 5.75 Å². The quantitative estimate of drug-likeness (QED) is 0.923. The van der Waals surface area contributed by atoms with Gasteiger partial charge in [-0.05, 0) is 15.9 Å². The summed E-state index contributed by atoms with van der Waals surface area (Å²) in [6.45, 7) is 0. The lowest BCUT2D eigenvalue weighted by molar-refractivity contribution is 0.102. The van der Waals surface area contributed by atoms with E-state index in [1.165, 1.54) is 35.4 Å². The number of aromatic nitrogens is 2. The van der Waals surface area contributed by atoms with Crippen molar-refractivity contribution in [3.63, 3.8) is 0 Å². The van der Waals surface area contributed by atoms with Crippen molar-refractivity contribution in [2.75, 3.05) is 12.4 Å². The van der Waals surface area contributed by atoms with Crippen LogP contribution in [0.15, 0.2) is 27.0 Å². The van der Waals surface area contributed by atoms with Gasteiger partial charge < -0.3 is 14.6 Å². The Bertz CT molecular complexity index is 680. The van der Waals surface area contributed by atoms with Gasteiger partial charge in [-0.1, -0.05) is 0 Å². The molecule has 1 amide bonds. The van der Waals surface area contributed by atoms with Crippen molar-refractivity contribution in [2.24, 2.45) is 7.05 Å². The summed E-state index contributed by atoms with van der Waals surface area (Å²) in [5, 5.41) is 2.48. The van der Waals surface area contributed by atoms with Gasteiger partial charge in [0.15, 0.2) is 5.82 Å². The second kappa shape index (κ2) is 5.54. The highest BCUT2D eigenvalue weighted by atomic mass is 79.9. The van der Waals surface area contributed by atoms with Crippen LogP contribution in [0.2, 0.25) is 0 Å². The molecule has 0 aromatic carbocycles. The molecule has 0 fully saturated rings. The molecule has 2 heterocycles. The van der Waals surface area contributed by atoms with Crippen LogP contribution < -0.4 is 15.6 Å². The zero-order valence-electron chi connectivity index (χ0n) is 10.1. The number of ether oxygens (including phenoxy) is 1. The van der Waals surface area contributed by atoms with Crippen LogP contribution in [0.25, 0.3) is 0 Å². The Hall–Kier alpha value is -1.67. The molecule has 0 atom stereocenters. The number of hydrogen-bond acceptors (Lipinski definition) is 5. The number of anilines is 1. The Morgan fingerprint density at radius 1 is 1.58 bits per heavy atom. The Kier molecular flexibility index (Phi) is 4.01. The fraction of sp³-hybridized carbons (Fsp3) is 0.182. The monoisotopic (exact) mass is 343 g/mol. The normalized spacial score (nSPS) is 10.3. The van der Waals surface area contributed by atoms with Crippen molar-refractivity contribution in [1.82, 2.24) is 9.55 Å². The van der Waals surface area contributed by atoms with E-state index in [4.69, 9.17) is 4.74 Å². The molecular weight excluding hydrogens is 334 g/mol. The zero-order valence-corrected chi connectivity index (χ0v) is 12.5. The number of amides is 1. The topological polar surface area (TPSA) is 73.2 Å². The Morgan fingerprint density at radius 3 is 2.95 bits per heavy atom. The van der Waals surface area contributed by atoms with Crippen molar-refractivity contribution in [2.45, 2.75) is 0 Å². The van der Waals surface area contributed by atoms with Crippen LogP contribution in [0.4, 0.5) is 5.82 Å². The lowest BCUT2D eigenvalue weighted by Gasteiger charge is -2.03. The van der Waals surface area contributed by atoms with Crippen LogP contribution in [0.1, 0.15) is 9.67 Å². The van der Waals surface area contributed by atoms with Crippen LogP contribution in [0.5, 0.6) is 5.75 Å². The summed E-state index contributed by atoms with van der Waals surface area (Å²) in [5.41, 5.74) is -0.363. The maximum atomic E-state index is 12.0. The second-order valence-electron chi connectivity index (χ2n) is 3.60. The zero-order chi connectivity index (χ0) is 14.0.